The summed E-state index contributed by atoms with van der Waals surface area (Å²) in [6.45, 7) is 1.61. The monoisotopic (exact) mass is 286 g/mol. The van der Waals surface area contributed by atoms with Crippen LogP contribution in [0.2, 0.25) is 0 Å². The highest BCUT2D eigenvalue weighted by Crippen LogP contribution is 2.40. The van der Waals surface area contributed by atoms with Crippen molar-refractivity contribution in [3.63, 3.8) is 0 Å². The molecule has 21 heavy (non-hydrogen) atoms. The Morgan fingerprint density at radius 1 is 1.19 bits per heavy atom. The molecule has 1 N–H and O–H groups in total. The molecular weight excluding hydrogens is 268 g/mol. The average Bonchev–Trinajstić information content (AvgIpc) is 3.17. The van der Waals surface area contributed by atoms with Crippen LogP contribution in [0.5, 0.6) is 0 Å². The summed E-state index contributed by atoms with van der Waals surface area (Å²) in [6.07, 6.45) is 1.34. The Bertz CT molecular complexity index is 568. The highest BCUT2D eigenvalue weighted by Gasteiger charge is 2.42. The Morgan fingerprint density at radius 2 is 1.81 bits per heavy atom. The van der Waals surface area contributed by atoms with Gasteiger partial charge in [-0.2, -0.15) is 0 Å². The van der Waals surface area contributed by atoms with Gasteiger partial charge in [0.05, 0.1) is 0 Å². The molecule has 0 radical (unpaired) electrons. The summed E-state index contributed by atoms with van der Waals surface area (Å²) in [5, 5.41) is 2.94. The summed E-state index contributed by atoms with van der Waals surface area (Å²) >= 11 is 0. The molecule has 5 nitrogen and oxygen atoms in total. The third-order valence-electron chi connectivity index (χ3n) is 4.20. The molecule has 2 aliphatic rings. The zero-order chi connectivity index (χ0) is 15.0. The highest BCUT2D eigenvalue weighted by atomic mass is 16.2. The number of nitrogens with zero attached hydrogens (tertiary/aromatic N) is 1. The summed E-state index contributed by atoms with van der Waals surface area (Å²) < 4.78 is 0. The van der Waals surface area contributed by atoms with Crippen LogP contribution in [0.25, 0.3) is 0 Å². The molecule has 1 saturated carbocycles. The molecule has 0 bridgehead atoms. The van der Waals surface area contributed by atoms with E-state index in [9.17, 15) is 14.4 Å². The fourth-order valence-electron chi connectivity index (χ4n) is 2.87. The van der Waals surface area contributed by atoms with Crippen molar-refractivity contribution in [3.05, 3.63) is 35.9 Å². The molecule has 1 aromatic carbocycles. The lowest BCUT2D eigenvalue weighted by Gasteiger charge is -2.21. The van der Waals surface area contributed by atoms with Crippen LogP contribution >= 0.6 is 0 Å². The number of carbonyl (C=O) groups is 3. The minimum absolute atomic E-state index is 0.107. The lowest BCUT2D eigenvalue weighted by Crippen LogP contribution is -2.48. The van der Waals surface area contributed by atoms with Gasteiger partial charge < -0.3 is 5.32 Å². The van der Waals surface area contributed by atoms with E-state index in [0.29, 0.717) is 5.92 Å². The minimum atomic E-state index is -0.718. The van der Waals surface area contributed by atoms with Crippen molar-refractivity contribution in [2.45, 2.75) is 44.2 Å². The third kappa shape index (κ3) is 2.68. The van der Waals surface area contributed by atoms with Gasteiger partial charge in [-0.15, -0.1) is 0 Å². The SMILES string of the molecule is CC(C(=O)NC1CC1c1ccccc1)N1C(=O)CCC1=O. The van der Waals surface area contributed by atoms with Crippen molar-refractivity contribution in [3.8, 4) is 0 Å². The van der Waals surface area contributed by atoms with Crippen LogP contribution < -0.4 is 5.32 Å². The van der Waals surface area contributed by atoms with Gasteiger partial charge in [0.1, 0.15) is 6.04 Å². The molecule has 3 rings (SSSR count). The number of nitrogens with one attached hydrogen (secondary N) is 1. The lowest BCUT2D eigenvalue weighted by molar-refractivity contribution is -0.146. The van der Waals surface area contributed by atoms with Crippen molar-refractivity contribution < 1.29 is 14.4 Å². The van der Waals surface area contributed by atoms with E-state index in [2.05, 4.69) is 5.32 Å². The van der Waals surface area contributed by atoms with Gasteiger partial charge >= 0.3 is 0 Å². The molecule has 0 aromatic heterocycles. The summed E-state index contributed by atoms with van der Waals surface area (Å²) in [6, 6.07) is 9.42. The highest BCUT2D eigenvalue weighted by molar-refractivity contribution is 6.05. The predicted molar refractivity (Wildman–Crippen MR) is 76.3 cm³/mol. The van der Waals surface area contributed by atoms with Crippen LogP contribution in [0.4, 0.5) is 0 Å². The number of hydrogen-bond acceptors (Lipinski definition) is 3. The number of benzene rings is 1. The van der Waals surface area contributed by atoms with Crippen molar-refractivity contribution >= 4 is 17.7 Å². The number of amides is 3. The van der Waals surface area contributed by atoms with Gasteiger partial charge in [0.25, 0.3) is 0 Å². The van der Waals surface area contributed by atoms with Crippen molar-refractivity contribution in [1.29, 1.82) is 0 Å². The van der Waals surface area contributed by atoms with Crippen molar-refractivity contribution in [2.24, 2.45) is 0 Å². The number of hydrogen-bond donors (Lipinski definition) is 1. The molecule has 1 heterocycles. The molecular formula is C16H18N2O3. The van der Waals surface area contributed by atoms with Gasteiger partial charge in [-0.1, -0.05) is 30.3 Å². The topological polar surface area (TPSA) is 66.5 Å². The van der Waals surface area contributed by atoms with Crippen LogP contribution in [0.3, 0.4) is 0 Å². The first-order chi connectivity index (χ1) is 10.1. The van der Waals surface area contributed by atoms with Crippen LogP contribution in [0.15, 0.2) is 30.3 Å². The van der Waals surface area contributed by atoms with Crippen LogP contribution in [0, 0.1) is 0 Å². The van der Waals surface area contributed by atoms with Gasteiger partial charge in [-0.05, 0) is 18.9 Å². The number of carbonyl (C=O) groups excluding carboxylic acids is 3. The molecule has 0 spiro atoms. The molecule has 1 aromatic rings. The number of imide groups is 1. The van der Waals surface area contributed by atoms with Gasteiger partial charge in [0.2, 0.25) is 17.7 Å². The number of rotatable bonds is 4. The van der Waals surface area contributed by atoms with Gasteiger partial charge in [0.15, 0.2) is 0 Å². The third-order valence-corrected chi connectivity index (χ3v) is 4.20. The zero-order valence-corrected chi connectivity index (χ0v) is 11.9. The van der Waals surface area contributed by atoms with E-state index in [4.69, 9.17) is 0 Å². The minimum Gasteiger partial charge on any atom is -0.351 e. The van der Waals surface area contributed by atoms with Crippen molar-refractivity contribution in [2.75, 3.05) is 0 Å². The zero-order valence-electron chi connectivity index (χ0n) is 11.9. The van der Waals surface area contributed by atoms with E-state index in [1.54, 1.807) is 6.92 Å². The van der Waals surface area contributed by atoms with E-state index in [1.165, 1.54) is 5.56 Å². The molecule has 1 saturated heterocycles. The van der Waals surface area contributed by atoms with Crippen LogP contribution in [-0.4, -0.2) is 34.7 Å². The maximum atomic E-state index is 12.2. The fourth-order valence-corrected chi connectivity index (χ4v) is 2.87. The van der Waals surface area contributed by atoms with E-state index in [-0.39, 0.29) is 36.6 Å². The van der Waals surface area contributed by atoms with E-state index in [0.717, 1.165) is 11.3 Å². The summed E-state index contributed by atoms with van der Waals surface area (Å²) in [7, 11) is 0. The van der Waals surface area contributed by atoms with Gasteiger partial charge in [-0.3, -0.25) is 19.3 Å². The van der Waals surface area contributed by atoms with Crippen molar-refractivity contribution in [1.82, 2.24) is 10.2 Å². The van der Waals surface area contributed by atoms with E-state index >= 15 is 0 Å². The number of likely N-dealkylation sites (tertiary alicyclic amines) is 1. The second-order valence-electron chi connectivity index (χ2n) is 5.70. The molecule has 3 unspecified atom stereocenters. The second-order valence-corrected chi connectivity index (χ2v) is 5.70. The maximum absolute atomic E-state index is 12.2. The molecule has 110 valence electrons. The first-order valence-electron chi connectivity index (χ1n) is 7.28. The predicted octanol–water partition coefficient (Wildman–Crippen LogP) is 1.20. The molecule has 5 heteroatoms. The fraction of sp³-hybridized carbons (Fsp3) is 0.438. The molecule has 1 aliphatic carbocycles. The Kier molecular flexibility index (Phi) is 3.49. The standard InChI is InChI=1S/C16H18N2O3/c1-10(18-14(19)7-8-15(18)20)16(21)17-13-9-12(13)11-5-3-2-4-6-11/h2-6,10,12-13H,7-9H2,1H3,(H,17,21). The Morgan fingerprint density at radius 3 is 2.43 bits per heavy atom. The second kappa shape index (κ2) is 5.31. The normalized spacial score (nSPS) is 25.9. The quantitative estimate of drug-likeness (QED) is 0.846. The van der Waals surface area contributed by atoms with Crippen LogP contribution in [-0.2, 0) is 14.4 Å². The molecule has 2 fully saturated rings. The van der Waals surface area contributed by atoms with E-state index in [1.807, 2.05) is 30.3 Å². The summed E-state index contributed by atoms with van der Waals surface area (Å²) in [5.41, 5.74) is 1.21. The molecule has 3 atom stereocenters. The first-order valence-corrected chi connectivity index (χ1v) is 7.28. The van der Waals surface area contributed by atoms with E-state index < -0.39 is 6.04 Å². The summed E-state index contributed by atoms with van der Waals surface area (Å²) in [4.78, 5) is 36.6. The van der Waals surface area contributed by atoms with Gasteiger partial charge in [0, 0.05) is 24.8 Å². The molecule has 3 amide bonds. The Hall–Kier alpha value is -2.17. The summed E-state index contributed by atoms with van der Waals surface area (Å²) in [5.74, 6) is -0.412. The Labute approximate surface area is 123 Å². The smallest absolute Gasteiger partial charge is 0.243 e. The Balaban J connectivity index is 1.58. The van der Waals surface area contributed by atoms with Crippen LogP contribution in [0.1, 0.15) is 37.7 Å². The first kappa shape index (κ1) is 13.8. The van der Waals surface area contributed by atoms with Gasteiger partial charge in [-0.25, -0.2) is 0 Å². The molecule has 1 aliphatic heterocycles. The lowest BCUT2D eigenvalue weighted by atomic mass is 10.1. The maximum Gasteiger partial charge on any atom is 0.243 e. The average molecular weight is 286 g/mol. The largest absolute Gasteiger partial charge is 0.351 e.